The molecular formula is C12H16OSn. The molecule has 0 N–H and O–H groups in total. The summed E-state index contributed by atoms with van der Waals surface area (Å²) in [5.41, 5.74) is 1.09. The molecule has 74 valence electrons. The number of hydrogen-bond donors (Lipinski definition) is 0. The van der Waals surface area contributed by atoms with Crippen LogP contribution in [0.2, 0.25) is 14.8 Å². The third kappa shape index (κ3) is 3.66. The SMILES string of the molecule is [CH3][Sn]([CH3])([CH3])[C](=O)/C=C/c1ccccc1. The molecule has 0 saturated heterocycles. The van der Waals surface area contributed by atoms with Crippen molar-refractivity contribution in [1.29, 1.82) is 0 Å². The van der Waals surface area contributed by atoms with E-state index in [0.29, 0.717) is 3.80 Å². The molecule has 0 aliphatic heterocycles. The van der Waals surface area contributed by atoms with Gasteiger partial charge in [-0.2, -0.15) is 0 Å². The average Bonchev–Trinajstić information content (AvgIpc) is 2.14. The van der Waals surface area contributed by atoms with Crippen LogP contribution in [0.3, 0.4) is 0 Å². The molecule has 0 spiro atoms. The molecule has 0 radical (unpaired) electrons. The summed E-state index contributed by atoms with van der Waals surface area (Å²) in [6.45, 7) is 0. The van der Waals surface area contributed by atoms with Crippen molar-refractivity contribution in [1.82, 2.24) is 0 Å². The Morgan fingerprint density at radius 2 is 1.71 bits per heavy atom. The van der Waals surface area contributed by atoms with Crippen molar-refractivity contribution >= 4 is 28.3 Å². The molecule has 1 aromatic carbocycles. The van der Waals surface area contributed by atoms with Crippen molar-refractivity contribution in [3.8, 4) is 0 Å². The third-order valence-corrected chi connectivity index (χ3v) is 6.66. The molecule has 0 aliphatic rings. The number of allylic oxidation sites excluding steroid dienone is 1. The zero-order valence-electron chi connectivity index (χ0n) is 8.95. The Bertz CT molecular complexity index is 333. The molecule has 0 saturated carbocycles. The molecule has 0 unspecified atom stereocenters. The quantitative estimate of drug-likeness (QED) is 0.618. The van der Waals surface area contributed by atoms with Crippen LogP contribution < -0.4 is 0 Å². The van der Waals surface area contributed by atoms with Crippen LogP contribution >= 0.6 is 0 Å². The summed E-state index contributed by atoms with van der Waals surface area (Å²) in [5, 5.41) is 0. The first-order chi connectivity index (χ1) is 6.50. The van der Waals surface area contributed by atoms with Gasteiger partial charge < -0.3 is 0 Å². The zero-order valence-corrected chi connectivity index (χ0v) is 11.8. The third-order valence-electron chi connectivity index (χ3n) is 1.97. The van der Waals surface area contributed by atoms with Gasteiger partial charge in [0.1, 0.15) is 0 Å². The maximum atomic E-state index is 11.6. The molecule has 1 aromatic rings. The number of hydrogen-bond acceptors (Lipinski definition) is 1. The Morgan fingerprint density at radius 1 is 1.14 bits per heavy atom. The first-order valence-corrected chi connectivity index (χ1v) is 14.8. The molecule has 1 rings (SSSR count). The summed E-state index contributed by atoms with van der Waals surface area (Å²) < 4.78 is 0.364. The summed E-state index contributed by atoms with van der Waals surface area (Å²) in [4.78, 5) is 18.0. The molecule has 0 amide bonds. The molecule has 1 nitrogen and oxygen atoms in total. The van der Waals surface area contributed by atoms with Crippen molar-refractivity contribution in [2.75, 3.05) is 0 Å². The Labute approximate surface area is 89.7 Å². The number of carbonyl (C=O) groups excluding carboxylic acids is 1. The molecule has 0 aromatic heterocycles. The average molecular weight is 295 g/mol. The van der Waals surface area contributed by atoms with Gasteiger partial charge in [-0.25, -0.2) is 0 Å². The minimum atomic E-state index is -2.33. The van der Waals surface area contributed by atoms with E-state index in [2.05, 4.69) is 14.8 Å². The van der Waals surface area contributed by atoms with E-state index in [1.54, 1.807) is 6.08 Å². The first-order valence-electron chi connectivity index (χ1n) is 4.78. The van der Waals surface area contributed by atoms with Gasteiger partial charge in [0.25, 0.3) is 0 Å². The second-order valence-electron chi connectivity index (χ2n) is 4.36. The van der Waals surface area contributed by atoms with Gasteiger partial charge in [0.05, 0.1) is 0 Å². The van der Waals surface area contributed by atoms with Crippen molar-refractivity contribution in [2.24, 2.45) is 0 Å². The molecule has 0 heterocycles. The zero-order chi connectivity index (χ0) is 10.6. The van der Waals surface area contributed by atoms with Crippen LogP contribution in [0.5, 0.6) is 0 Å². The van der Waals surface area contributed by atoms with E-state index in [4.69, 9.17) is 0 Å². The Balaban J connectivity index is 2.71. The number of benzene rings is 1. The van der Waals surface area contributed by atoms with E-state index in [0.717, 1.165) is 5.56 Å². The van der Waals surface area contributed by atoms with Crippen LogP contribution in [-0.2, 0) is 4.79 Å². The van der Waals surface area contributed by atoms with Crippen molar-refractivity contribution in [3.05, 3.63) is 42.0 Å². The monoisotopic (exact) mass is 296 g/mol. The van der Waals surface area contributed by atoms with Gasteiger partial charge in [-0.1, -0.05) is 0 Å². The van der Waals surface area contributed by atoms with E-state index < -0.39 is 18.4 Å². The normalized spacial score (nSPS) is 11.9. The minimum absolute atomic E-state index is 0.364. The molecule has 14 heavy (non-hydrogen) atoms. The standard InChI is InChI=1S/C9H7O.3CH3.Sn/c10-8-4-7-9-5-2-1-3-6-9;;;;/h1-7H;3*1H3;/b7-4+;;;;. The summed E-state index contributed by atoms with van der Waals surface area (Å²) >= 11 is -2.33. The van der Waals surface area contributed by atoms with Crippen LogP contribution in [0, 0.1) is 0 Å². The predicted octanol–water partition coefficient (Wildman–Crippen LogP) is 3.15. The van der Waals surface area contributed by atoms with E-state index in [9.17, 15) is 4.79 Å². The molecule has 0 bridgehead atoms. The van der Waals surface area contributed by atoms with E-state index >= 15 is 0 Å². The Hall–Kier alpha value is -0.571. The van der Waals surface area contributed by atoms with Crippen LogP contribution in [0.4, 0.5) is 0 Å². The second-order valence-corrected chi connectivity index (χ2v) is 18.6. The predicted molar refractivity (Wildman–Crippen MR) is 63.8 cm³/mol. The van der Waals surface area contributed by atoms with Crippen molar-refractivity contribution < 1.29 is 4.79 Å². The van der Waals surface area contributed by atoms with E-state index in [1.807, 2.05) is 36.4 Å². The van der Waals surface area contributed by atoms with Crippen LogP contribution in [0.25, 0.3) is 6.08 Å². The van der Waals surface area contributed by atoms with Crippen LogP contribution in [0.15, 0.2) is 36.4 Å². The molecule has 0 atom stereocenters. The van der Waals surface area contributed by atoms with Gasteiger partial charge in [0.15, 0.2) is 0 Å². The first kappa shape index (κ1) is 11.5. The van der Waals surface area contributed by atoms with E-state index in [1.165, 1.54) is 0 Å². The van der Waals surface area contributed by atoms with Gasteiger partial charge >= 0.3 is 89.8 Å². The fraction of sp³-hybridized carbons (Fsp3) is 0.250. The Kier molecular flexibility index (Phi) is 3.93. The van der Waals surface area contributed by atoms with Crippen molar-refractivity contribution in [2.45, 2.75) is 14.8 Å². The fourth-order valence-corrected chi connectivity index (χ4v) is 2.65. The number of rotatable bonds is 3. The summed E-state index contributed by atoms with van der Waals surface area (Å²) in [5.74, 6) is 0. The van der Waals surface area contributed by atoms with Crippen molar-refractivity contribution in [3.63, 3.8) is 0 Å². The van der Waals surface area contributed by atoms with Crippen LogP contribution in [-0.4, -0.2) is 22.2 Å². The second kappa shape index (κ2) is 4.78. The number of carbonyl (C=O) groups is 1. The van der Waals surface area contributed by atoms with Crippen LogP contribution in [0.1, 0.15) is 5.56 Å². The fourth-order valence-electron chi connectivity index (χ4n) is 0.986. The summed E-state index contributed by atoms with van der Waals surface area (Å²) in [6.07, 6.45) is 3.65. The maximum absolute atomic E-state index is 11.6. The van der Waals surface area contributed by atoms with E-state index in [-0.39, 0.29) is 0 Å². The van der Waals surface area contributed by atoms with Gasteiger partial charge in [-0.3, -0.25) is 0 Å². The topological polar surface area (TPSA) is 17.1 Å². The summed E-state index contributed by atoms with van der Waals surface area (Å²) in [7, 11) is 0. The Morgan fingerprint density at radius 3 is 2.21 bits per heavy atom. The molecular weight excluding hydrogens is 279 g/mol. The van der Waals surface area contributed by atoms with Gasteiger partial charge in [0, 0.05) is 0 Å². The molecule has 0 fully saturated rings. The van der Waals surface area contributed by atoms with Gasteiger partial charge in [-0.05, 0) is 0 Å². The van der Waals surface area contributed by atoms with Gasteiger partial charge in [-0.15, -0.1) is 0 Å². The summed E-state index contributed by atoms with van der Waals surface area (Å²) in [6, 6.07) is 9.93. The molecule has 2 heteroatoms. The molecule has 0 aliphatic carbocycles. The van der Waals surface area contributed by atoms with Gasteiger partial charge in [0.2, 0.25) is 0 Å².